The molecule has 0 bridgehead atoms. The minimum atomic E-state index is -0.702. The fraction of sp³-hybridized carbons (Fsp3) is 0.444. The number of hydrogen-bond acceptors (Lipinski definition) is 3. The van der Waals surface area contributed by atoms with Crippen LogP contribution in [-0.2, 0) is 4.79 Å². The molecule has 0 radical (unpaired) electrons. The Kier molecular flexibility index (Phi) is 4.48. The topological polar surface area (TPSA) is 72.9 Å². The van der Waals surface area contributed by atoms with Crippen LogP contribution in [0.15, 0.2) is 42.7 Å². The average Bonchev–Trinajstić information content (AvgIpc) is 3.10. The van der Waals surface area contributed by atoms with Crippen LogP contribution in [0.2, 0.25) is 0 Å². The highest BCUT2D eigenvalue weighted by atomic mass is 16.2. The summed E-state index contributed by atoms with van der Waals surface area (Å²) in [6, 6.07) is 9.84. The van der Waals surface area contributed by atoms with E-state index in [0.717, 1.165) is 36.9 Å². The summed E-state index contributed by atoms with van der Waals surface area (Å²) in [6.45, 7) is 1.99. The number of carbonyl (C=O) groups is 1. The van der Waals surface area contributed by atoms with Gasteiger partial charge in [-0.2, -0.15) is 5.10 Å². The predicted molar refractivity (Wildman–Crippen MR) is 90.1 cm³/mol. The molecular formula is C18H24N4O. The van der Waals surface area contributed by atoms with Crippen LogP contribution in [0.1, 0.15) is 50.6 Å². The molecule has 2 aromatic rings. The largest absolute Gasteiger partial charge is 0.348 e. The highest BCUT2D eigenvalue weighted by molar-refractivity contribution is 5.86. The van der Waals surface area contributed by atoms with Crippen LogP contribution in [0, 0.1) is 0 Å². The number of hydrogen-bond donors (Lipinski definition) is 2. The third kappa shape index (κ3) is 3.45. The Bertz CT molecular complexity index is 659. The monoisotopic (exact) mass is 312 g/mol. The first-order valence-electron chi connectivity index (χ1n) is 8.28. The van der Waals surface area contributed by atoms with Gasteiger partial charge in [0.05, 0.1) is 17.3 Å². The van der Waals surface area contributed by atoms with Gasteiger partial charge >= 0.3 is 0 Å². The Morgan fingerprint density at radius 3 is 2.78 bits per heavy atom. The molecule has 1 fully saturated rings. The predicted octanol–water partition coefficient (Wildman–Crippen LogP) is 2.71. The zero-order valence-corrected chi connectivity index (χ0v) is 13.5. The van der Waals surface area contributed by atoms with E-state index in [0.29, 0.717) is 0 Å². The van der Waals surface area contributed by atoms with Crippen molar-refractivity contribution in [1.29, 1.82) is 0 Å². The molecule has 1 unspecified atom stereocenters. The molecule has 122 valence electrons. The van der Waals surface area contributed by atoms with Crippen LogP contribution in [0.5, 0.6) is 0 Å². The first-order chi connectivity index (χ1) is 11.1. The Morgan fingerprint density at radius 2 is 2.09 bits per heavy atom. The molecule has 3 rings (SSSR count). The van der Waals surface area contributed by atoms with Crippen molar-refractivity contribution in [3.63, 3.8) is 0 Å². The van der Waals surface area contributed by atoms with E-state index in [2.05, 4.69) is 10.4 Å². The number of aromatic nitrogens is 2. The molecule has 23 heavy (non-hydrogen) atoms. The summed E-state index contributed by atoms with van der Waals surface area (Å²) < 4.78 is 1.81. The maximum atomic E-state index is 12.6. The van der Waals surface area contributed by atoms with Crippen LogP contribution in [0.4, 0.5) is 0 Å². The summed E-state index contributed by atoms with van der Waals surface area (Å²) in [5.41, 5.74) is 7.63. The van der Waals surface area contributed by atoms with Gasteiger partial charge in [-0.05, 0) is 43.5 Å². The fourth-order valence-corrected chi connectivity index (χ4v) is 3.19. The van der Waals surface area contributed by atoms with Crippen LogP contribution >= 0.6 is 0 Å². The lowest BCUT2D eigenvalue weighted by atomic mass is 9.81. The van der Waals surface area contributed by atoms with E-state index in [1.54, 1.807) is 6.20 Å². The highest BCUT2D eigenvalue weighted by Gasteiger charge is 2.35. The summed E-state index contributed by atoms with van der Waals surface area (Å²) in [5, 5.41) is 7.33. The Labute approximate surface area is 136 Å². The minimum Gasteiger partial charge on any atom is -0.348 e. The maximum Gasteiger partial charge on any atom is 0.240 e. The average molecular weight is 312 g/mol. The first-order valence-corrected chi connectivity index (χ1v) is 8.28. The third-order valence-electron chi connectivity index (χ3n) is 4.68. The zero-order valence-electron chi connectivity index (χ0n) is 13.5. The Morgan fingerprint density at radius 1 is 1.30 bits per heavy atom. The van der Waals surface area contributed by atoms with E-state index < -0.39 is 5.54 Å². The third-order valence-corrected chi connectivity index (χ3v) is 4.68. The van der Waals surface area contributed by atoms with Gasteiger partial charge in [-0.3, -0.25) is 4.79 Å². The van der Waals surface area contributed by atoms with E-state index in [1.807, 2.05) is 48.1 Å². The van der Waals surface area contributed by atoms with Gasteiger partial charge in [-0.15, -0.1) is 0 Å². The van der Waals surface area contributed by atoms with E-state index in [9.17, 15) is 4.79 Å². The van der Waals surface area contributed by atoms with Gasteiger partial charge in [0.2, 0.25) is 5.91 Å². The molecule has 1 amide bonds. The molecule has 1 aromatic heterocycles. The summed E-state index contributed by atoms with van der Waals surface area (Å²) in [5.74, 6) is -0.0332. The number of rotatable bonds is 4. The fourth-order valence-electron chi connectivity index (χ4n) is 3.19. The van der Waals surface area contributed by atoms with Crippen molar-refractivity contribution in [3.05, 3.63) is 48.3 Å². The smallest absolute Gasteiger partial charge is 0.240 e. The van der Waals surface area contributed by atoms with Gasteiger partial charge in [0.15, 0.2) is 0 Å². The van der Waals surface area contributed by atoms with Crippen molar-refractivity contribution < 1.29 is 4.79 Å². The van der Waals surface area contributed by atoms with Crippen molar-refractivity contribution >= 4 is 5.91 Å². The second-order valence-corrected chi connectivity index (χ2v) is 6.46. The molecule has 5 heteroatoms. The minimum absolute atomic E-state index is 0.0332. The van der Waals surface area contributed by atoms with Gasteiger partial charge in [-0.25, -0.2) is 4.68 Å². The Hall–Kier alpha value is -2.14. The summed E-state index contributed by atoms with van der Waals surface area (Å²) in [4.78, 5) is 12.6. The number of nitrogens with two attached hydrogens (primary N) is 1. The van der Waals surface area contributed by atoms with Crippen LogP contribution in [0.3, 0.4) is 0 Å². The van der Waals surface area contributed by atoms with Crippen LogP contribution in [-0.4, -0.2) is 21.2 Å². The molecule has 0 saturated heterocycles. The lowest BCUT2D eigenvalue weighted by Gasteiger charge is -2.33. The van der Waals surface area contributed by atoms with Crippen LogP contribution < -0.4 is 11.1 Å². The second kappa shape index (κ2) is 6.54. The zero-order chi connectivity index (χ0) is 16.3. The van der Waals surface area contributed by atoms with Gasteiger partial charge in [0, 0.05) is 12.4 Å². The highest BCUT2D eigenvalue weighted by Crippen LogP contribution is 2.27. The van der Waals surface area contributed by atoms with E-state index in [-0.39, 0.29) is 11.9 Å². The summed E-state index contributed by atoms with van der Waals surface area (Å²) in [7, 11) is 0. The van der Waals surface area contributed by atoms with Crippen molar-refractivity contribution in [2.45, 2.75) is 50.6 Å². The van der Waals surface area contributed by atoms with Crippen molar-refractivity contribution in [3.8, 4) is 5.69 Å². The standard InChI is InChI=1S/C18H24N4O/c1-14(21-17(23)18(19)9-3-2-4-10-18)15-7-5-8-16(13-15)22-12-6-11-20-22/h5-8,11-14H,2-4,9-10,19H2,1H3,(H,21,23). The second-order valence-electron chi connectivity index (χ2n) is 6.46. The molecule has 0 spiro atoms. The van der Waals surface area contributed by atoms with E-state index >= 15 is 0 Å². The number of nitrogens with zero attached hydrogens (tertiary/aromatic N) is 2. The van der Waals surface area contributed by atoms with E-state index in [4.69, 9.17) is 5.73 Å². The van der Waals surface area contributed by atoms with Crippen LogP contribution in [0.25, 0.3) is 5.69 Å². The summed E-state index contributed by atoms with van der Waals surface area (Å²) in [6.07, 6.45) is 8.45. The molecule has 1 heterocycles. The molecule has 1 aliphatic rings. The molecule has 1 aliphatic carbocycles. The van der Waals surface area contributed by atoms with Gasteiger partial charge in [-0.1, -0.05) is 31.4 Å². The van der Waals surface area contributed by atoms with Gasteiger partial charge in [0.25, 0.3) is 0 Å². The number of nitrogens with one attached hydrogen (secondary N) is 1. The number of benzene rings is 1. The molecule has 1 aromatic carbocycles. The van der Waals surface area contributed by atoms with E-state index in [1.165, 1.54) is 6.42 Å². The van der Waals surface area contributed by atoms with Gasteiger partial charge in [0.1, 0.15) is 0 Å². The lowest BCUT2D eigenvalue weighted by molar-refractivity contribution is -0.128. The van der Waals surface area contributed by atoms with Crippen molar-refractivity contribution in [1.82, 2.24) is 15.1 Å². The lowest BCUT2D eigenvalue weighted by Crippen LogP contribution is -2.55. The maximum absolute atomic E-state index is 12.6. The molecule has 5 nitrogen and oxygen atoms in total. The quantitative estimate of drug-likeness (QED) is 0.911. The molecular weight excluding hydrogens is 288 g/mol. The summed E-state index contributed by atoms with van der Waals surface area (Å²) >= 11 is 0. The number of carbonyl (C=O) groups excluding carboxylic acids is 1. The molecule has 1 atom stereocenters. The Balaban J connectivity index is 1.72. The van der Waals surface area contributed by atoms with Crippen molar-refractivity contribution in [2.24, 2.45) is 5.73 Å². The molecule has 3 N–H and O–H groups in total. The molecule has 0 aliphatic heterocycles. The molecule has 1 saturated carbocycles. The van der Waals surface area contributed by atoms with Gasteiger partial charge < -0.3 is 11.1 Å². The first kappa shape index (κ1) is 15.7. The number of amides is 1. The normalized spacial score (nSPS) is 18.3. The van der Waals surface area contributed by atoms with Crippen molar-refractivity contribution in [2.75, 3.05) is 0 Å². The SMILES string of the molecule is CC(NC(=O)C1(N)CCCCC1)c1cccc(-n2cccn2)c1.